The van der Waals surface area contributed by atoms with Crippen LogP contribution in [0.25, 0.3) is 0 Å². The first kappa shape index (κ1) is 11.3. The van der Waals surface area contributed by atoms with Crippen LogP contribution in [0, 0.1) is 0 Å². The lowest BCUT2D eigenvalue weighted by Crippen LogP contribution is -2.13. The van der Waals surface area contributed by atoms with Crippen LogP contribution in [-0.2, 0) is 0 Å². The summed E-state index contributed by atoms with van der Waals surface area (Å²) in [5.74, 6) is -0.129. The van der Waals surface area contributed by atoms with Gasteiger partial charge in [0.05, 0.1) is 0 Å². The average molecular weight is 202 g/mol. The molecule has 3 nitrogen and oxygen atoms in total. The molecular weight excluding hydrogens is 188 g/mol. The van der Waals surface area contributed by atoms with Crippen molar-refractivity contribution < 1.29 is 4.79 Å². The molecule has 0 unspecified atom stereocenters. The minimum atomic E-state index is -0.129. The van der Waals surface area contributed by atoms with Crippen molar-refractivity contribution in [2.75, 3.05) is 6.54 Å². The number of ketones is 1. The van der Waals surface area contributed by atoms with Gasteiger partial charge < -0.3 is 0 Å². The van der Waals surface area contributed by atoms with Crippen LogP contribution in [0.4, 0.5) is 0 Å². The molecule has 0 fully saturated rings. The maximum absolute atomic E-state index is 11.9. The lowest BCUT2D eigenvalue weighted by Gasteiger charge is -1.99. The zero-order chi connectivity index (χ0) is 11.1. The molecule has 3 heteroatoms. The predicted molar refractivity (Wildman–Crippen MR) is 61.4 cm³/mol. The summed E-state index contributed by atoms with van der Waals surface area (Å²) in [4.78, 5) is 20.0. The number of allylic oxidation sites excluding steroid dienone is 2. The van der Waals surface area contributed by atoms with Gasteiger partial charge in [-0.05, 0) is 32.1 Å². The third kappa shape index (κ3) is 3.13. The number of pyridine rings is 1. The fourth-order valence-electron chi connectivity index (χ4n) is 1.16. The monoisotopic (exact) mass is 202 g/mol. The number of Topliss-reactive ketones (excluding diaryl/α,β-unsaturated/α-hetero) is 1. The largest absolute Gasteiger partial charge is 0.285 e. The van der Waals surface area contributed by atoms with Crippen molar-refractivity contribution in [1.82, 2.24) is 4.98 Å². The van der Waals surface area contributed by atoms with E-state index in [0.717, 1.165) is 0 Å². The number of aliphatic imine (C=N–C) groups is 1. The van der Waals surface area contributed by atoms with Gasteiger partial charge >= 0.3 is 0 Å². The summed E-state index contributed by atoms with van der Waals surface area (Å²) >= 11 is 0. The maximum Gasteiger partial charge on any atom is 0.229 e. The van der Waals surface area contributed by atoms with Crippen molar-refractivity contribution >= 4 is 11.5 Å². The Balaban J connectivity index is 2.97. The summed E-state index contributed by atoms with van der Waals surface area (Å²) < 4.78 is 0. The van der Waals surface area contributed by atoms with Crippen LogP contribution in [0.5, 0.6) is 0 Å². The normalized spacial score (nSPS) is 12.0. The van der Waals surface area contributed by atoms with E-state index < -0.39 is 0 Å². The lowest BCUT2D eigenvalue weighted by molar-refractivity contribution is 0.106. The van der Waals surface area contributed by atoms with E-state index in [2.05, 4.69) is 9.98 Å². The van der Waals surface area contributed by atoms with Crippen LogP contribution in [0.15, 0.2) is 41.5 Å². The van der Waals surface area contributed by atoms with Crippen molar-refractivity contribution in [3.63, 3.8) is 0 Å². The highest BCUT2D eigenvalue weighted by atomic mass is 16.1. The van der Waals surface area contributed by atoms with Crippen LogP contribution in [0.2, 0.25) is 0 Å². The molecule has 1 aromatic heterocycles. The van der Waals surface area contributed by atoms with E-state index in [1.807, 2.05) is 13.8 Å². The van der Waals surface area contributed by atoms with E-state index >= 15 is 0 Å². The number of rotatable bonds is 4. The van der Waals surface area contributed by atoms with Crippen molar-refractivity contribution in [3.8, 4) is 0 Å². The first-order chi connectivity index (χ1) is 7.29. The second-order valence-corrected chi connectivity index (χ2v) is 2.90. The highest BCUT2D eigenvalue weighted by Gasteiger charge is 2.11. The molecule has 0 aliphatic carbocycles. The highest BCUT2D eigenvalue weighted by molar-refractivity contribution is 6.49. The Morgan fingerprint density at radius 1 is 1.53 bits per heavy atom. The fraction of sp³-hybridized carbons (Fsp3) is 0.250. The molecule has 0 aliphatic rings. The zero-order valence-corrected chi connectivity index (χ0v) is 8.97. The molecule has 0 amide bonds. The van der Waals surface area contributed by atoms with Gasteiger partial charge in [-0.2, -0.15) is 0 Å². The molecule has 0 spiro atoms. The topological polar surface area (TPSA) is 42.3 Å². The van der Waals surface area contributed by atoms with E-state index in [-0.39, 0.29) is 5.78 Å². The van der Waals surface area contributed by atoms with Crippen molar-refractivity contribution in [2.24, 2.45) is 4.99 Å². The third-order valence-electron chi connectivity index (χ3n) is 1.78. The van der Waals surface area contributed by atoms with E-state index in [1.165, 1.54) is 0 Å². The van der Waals surface area contributed by atoms with Crippen LogP contribution >= 0.6 is 0 Å². The number of carbonyl (C=O) groups is 1. The SMILES string of the molecule is C/C=C\C(=NCC)C(=O)c1ccccn1. The Bertz CT molecular complexity index is 380. The number of aromatic nitrogens is 1. The summed E-state index contributed by atoms with van der Waals surface area (Å²) in [5, 5.41) is 0. The molecule has 0 aliphatic heterocycles. The molecule has 0 aromatic carbocycles. The van der Waals surface area contributed by atoms with Crippen molar-refractivity contribution in [3.05, 3.63) is 42.2 Å². The first-order valence-corrected chi connectivity index (χ1v) is 4.92. The summed E-state index contributed by atoms with van der Waals surface area (Å²) in [7, 11) is 0. The Kier molecular flexibility index (Phi) is 4.41. The quantitative estimate of drug-likeness (QED) is 0.555. The van der Waals surface area contributed by atoms with Gasteiger partial charge in [-0.3, -0.25) is 14.8 Å². The van der Waals surface area contributed by atoms with Crippen LogP contribution < -0.4 is 0 Å². The number of hydrogen-bond donors (Lipinski definition) is 0. The fourth-order valence-corrected chi connectivity index (χ4v) is 1.16. The molecule has 1 rings (SSSR count). The Morgan fingerprint density at radius 3 is 2.87 bits per heavy atom. The van der Waals surface area contributed by atoms with Crippen molar-refractivity contribution in [1.29, 1.82) is 0 Å². The molecular formula is C12H14N2O. The molecule has 0 saturated carbocycles. The predicted octanol–water partition coefficient (Wildman–Crippen LogP) is 2.30. The molecule has 0 saturated heterocycles. The van der Waals surface area contributed by atoms with E-state index in [4.69, 9.17) is 0 Å². The molecule has 0 atom stereocenters. The summed E-state index contributed by atoms with van der Waals surface area (Å²) in [6, 6.07) is 5.26. The van der Waals surface area contributed by atoms with Gasteiger partial charge in [0.1, 0.15) is 11.4 Å². The summed E-state index contributed by atoms with van der Waals surface area (Å²) in [6.45, 7) is 4.35. The third-order valence-corrected chi connectivity index (χ3v) is 1.78. The highest BCUT2D eigenvalue weighted by Crippen LogP contribution is 1.99. The molecule has 15 heavy (non-hydrogen) atoms. The smallest absolute Gasteiger partial charge is 0.229 e. The van der Waals surface area contributed by atoms with E-state index in [9.17, 15) is 4.79 Å². The Hall–Kier alpha value is -1.77. The molecule has 1 aromatic rings. The minimum Gasteiger partial charge on any atom is -0.285 e. The van der Waals surface area contributed by atoms with E-state index in [0.29, 0.717) is 18.0 Å². The van der Waals surface area contributed by atoms with Gasteiger partial charge in [-0.1, -0.05) is 12.1 Å². The summed E-state index contributed by atoms with van der Waals surface area (Å²) in [5.41, 5.74) is 0.890. The van der Waals surface area contributed by atoms with Gasteiger partial charge in [0.15, 0.2) is 0 Å². The number of hydrogen-bond acceptors (Lipinski definition) is 3. The van der Waals surface area contributed by atoms with Crippen molar-refractivity contribution in [2.45, 2.75) is 13.8 Å². The van der Waals surface area contributed by atoms with Crippen LogP contribution in [0.1, 0.15) is 24.3 Å². The van der Waals surface area contributed by atoms with Crippen LogP contribution in [0.3, 0.4) is 0 Å². The second kappa shape index (κ2) is 5.86. The van der Waals surface area contributed by atoms with Gasteiger partial charge in [0, 0.05) is 12.7 Å². The maximum atomic E-state index is 11.9. The van der Waals surface area contributed by atoms with Gasteiger partial charge in [-0.25, -0.2) is 0 Å². The standard InChI is InChI=1S/C12H14N2O/c1-3-7-10(13-4-2)12(15)11-8-5-6-9-14-11/h3,5-9H,4H2,1-2H3/b7-3-,13-10?. The molecule has 1 heterocycles. The average Bonchev–Trinajstić information content (AvgIpc) is 2.29. The molecule has 0 radical (unpaired) electrons. The second-order valence-electron chi connectivity index (χ2n) is 2.90. The molecule has 0 bridgehead atoms. The lowest BCUT2D eigenvalue weighted by atomic mass is 10.1. The zero-order valence-electron chi connectivity index (χ0n) is 8.97. The first-order valence-electron chi connectivity index (χ1n) is 4.92. The van der Waals surface area contributed by atoms with Crippen LogP contribution in [-0.4, -0.2) is 23.0 Å². The Morgan fingerprint density at radius 2 is 2.33 bits per heavy atom. The van der Waals surface area contributed by atoms with Gasteiger partial charge in [0.2, 0.25) is 5.78 Å². The number of carbonyl (C=O) groups excluding carboxylic acids is 1. The van der Waals surface area contributed by atoms with Gasteiger partial charge in [-0.15, -0.1) is 0 Å². The minimum absolute atomic E-state index is 0.129. The Labute approximate surface area is 89.6 Å². The van der Waals surface area contributed by atoms with E-state index in [1.54, 1.807) is 36.5 Å². The molecule has 78 valence electrons. The summed E-state index contributed by atoms with van der Waals surface area (Å²) in [6.07, 6.45) is 5.11. The number of nitrogens with zero attached hydrogens (tertiary/aromatic N) is 2. The molecule has 0 N–H and O–H groups in total. The van der Waals surface area contributed by atoms with Gasteiger partial charge in [0.25, 0.3) is 0 Å².